The highest BCUT2D eigenvalue weighted by molar-refractivity contribution is 7.17. The van der Waals surface area contributed by atoms with E-state index in [1.807, 2.05) is 25.3 Å². The molecule has 0 aliphatic carbocycles. The molecule has 1 fully saturated rings. The summed E-state index contributed by atoms with van der Waals surface area (Å²) in [6, 6.07) is 0. The van der Waals surface area contributed by atoms with Gasteiger partial charge in [-0.25, -0.2) is 14.3 Å². The molecule has 1 aliphatic heterocycles. The summed E-state index contributed by atoms with van der Waals surface area (Å²) in [4.78, 5) is 20.3. The number of amides is 1. The van der Waals surface area contributed by atoms with Crippen LogP contribution in [0.2, 0.25) is 0 Å². The number of aromatic nitrogens is 3. The number of hydrogen-bond acceptors (Lipinski definition) is 5. The van der Waals surface area contributed by atoms with Gasteiger partial charge < -0.3 is 9.64 Å². The molecule has 1 saturated heterocycles. The highest BCUT2D eigenvalue weighted by atomic mass is 32.1. The first-order chi connectivity index (χ1) is 9.92. The molecule has 21 heavy (non-hydrogen) atoms. The summed E-state index contributed by atoms with van der Waals surface area (Å²) in [5, 5.41) is 4.15. The highest BCUT2D eigenvalue weighted by Gasteiger charge is 2.28. The minimum Gasteiger partial charge on any atom is -0.444 e. The maximum atomic E-state index is 12.0. The van der Waals surface area contributed by atoms with Crippen molar-refractivity contribution in [2.45, 2.75) is 45.1 Å². The second kappa shape index (κ2) is 5.29. The van der Waals surface area contributed by atoms with Crippen molar-refractivity contribution in [3.63, 3.8) is 0 Å². The third-order valence-corrected chi connectivity index (χ3v) is 4.70. The van der Waals surface area contributed by atoms with Crippen molar-refractivity contribution < 1.29 is 9.53 Å². The fourth-order valence-corrected chi connectivity index (χ4v) is 3.57. The first kappa shape index (κ1) is 14.3. The molecular weight excluding hydrogens is 288 g/mol. The van der Waals surface area contributed by atoms with Crippen LogP contribution >= 0.6 is 11.3 Å². The van der Waals surface area contributed by atoms with Gasteiger partial charge in [0.2, 0.25) is 4.96 Å². The number of likely N-dealkylation sites (tertiary alicyclic amines) is 1. The van der Waals surface area contributed by atoms with Crippen molar-refractivity contribution in [3.05, 3.63) is 17.4 Å². The molecule has 1 amide bonds. The highest BCUT2D eigenvalue weighted by Crippen LogP contribution is 2.32. The van der Waals surface area contributed by atoms with Crippen molar-refractivity contribution in [2.24, 2.45) is 0 Å². The molecule has 0 aromatic carbocycles. The Bertz CT molecular complexity index is 606. The quantitative estimate of drug-likeness (QED) is 0.812. The zero-order valence-electron chi connectivity index (χ0n) is 12.6. The molecule has 0 bridgehead atoms. The van der Waals surface area contributed by atoms with E-state index in [9.17, 15) is 4.79 Å². The largest absolute Gasteiger partial charge is 0.444 e. The van der Waals surface area contributed by atoms with Crippen molar-refractivity contribution in [2.75, 3.05) is 13.1 Å². The number of nitrogens with zero attached hydrogens (tertiary/aromatic N) is 4. The Morgan fingerprint density at radius 2 is 2.10 bits per heavy atom. The van der Waals surface area contributed by atoms with E-state index in [0.29, 0.717) is 5.92 Å². The summed E-state index contributed by atoms with van der Waals surface area (Å²) >= 11 is 1.68. The average Bonchev–Trinajstić information content (AvgIpc) is 2.97. The lowest BCUT2D eigenvalue weighted by Gasteiger charge is -2.33. The van der Waals surface area contributed by atoms with Gasteiger partial charge in [-0.05, 0) is 39.5 Å². The van der Waals surface area contributed by atoms with Crippen molar-refractivity contribution in [1.29, 1.82) is 0 Å². The molecule has 1 aliphatic rings. The summed E-state index contributed by atoms with van der Waals surface area (Å²) in [6.07, 6.45) is 5.34. The number of hydrogen-bond donors (Lipinski definition) is 0. The van der Waals surface area contributed by atoms with Crippen LogP contribution < -0.4 is 0 Å². The van der Waals surface area contributed by atoms with Crippen LogP contribution in [0.15, 0.2) is 12.5 Å². The van der Waals surface area contributed by atoms with Crippen LogP contribution in [0.3, 0.4) is 0 Å². The van der Waals surface area contributed by atoms with Crippen molar-refractivity contribution in [1.82, 2.24) is 19.5 Å². The van der Waals surface area contributed by atoms with Gasteiger partial charge in [0.15, 0.2) is 0 Å². The number of rotatable bonds is 1. The van der Waals surface area contributed by atoms with Gasteiger partial charge in [0.25, 0.3) is 0 Å². The van der Waals surface area contributed by atoms with Crippen LogP contribution in [-0.4, -0.2) is 44.3 Å². The standard InChI is InChI=1S/C14H20N4O2S/c1-14(2,3)20-13(19)17-6-4-10(5-7-17)11-8-18-12(21-11)15-9-16-18/h8-10H,4-7H2,1-3H3. The van der Waals surface area contributed by atoms with Crippen LogP contribution in [0.1, 0.15) is 44.4 Å². The monoisotopic (exact) mass is 308 g/mol. The summed E-state index contributed by atoms with van der Waals surface area (Å²) in [7, 11) is 0. The second-order valence-electron chi connectivity index (χ2n) is 6.36. The molecule has 114 valence electrons. The third-order valence-electron chi connectivity index (χ3n) is 3.55. The second-order valence-corrected chi connectivity index (χ2v) is 7.40. The molecule has 3 rings (SSSR count). The number of thiazole rings is 1. The summed E-state index contributed by atoms with van der Waals surface area (Å²) in [6.45, 7) is 7.17. The van der Waals surface area contributed by atoms with Gasteiger partial charge in [0.1, 0.15) is 11.9 Å². The van der Waals surface area contributed by atoms with Gasteiger partial charge in [-0.1, -0.05) is 11.3 Å². The molecule has 0 N–H and O–H groups in total. The van der Waals surface area contributed by atoms with Gasteiger partial charge in [-0.3, -0.25) is 0 Å². The Balaban J connectivity index is 1.60. The third kappa shape index (κ3) is 3.18. The SMILES string of the molecule is CC(C)(C)OC(=O)N1CCC(c2cn3ncnc3s2)CC1. The molecule has 0 saturated carbocycles. The zero-order valence-corrected chi connectivity index (χ0v) is 13.4. The molecule has 0 atom stereocenters. The fraction of sp³-hybridized carbons (Fsp3) is 0.643. The van der Waals surface area contributed by atoms with Gasteiger partial charge in [0, 0.05) is 24.2 Å². The van der Waals surface area contributed by atoms with Crippen molar-refractivity contribution >= 4 is 22.4 Å². The average molecular weight is 308 g/mol. The van der Waals surface area contributed by atoms with E-state index in [0.717, 1.165) is 30.9 Å². The molecule has 2 aromatic rings. The molecule has 3 heterocycles. The van der Waals surface area contributed by atoms with Crippen LogP contribution in [0.4, 0.5) is 4.79 Å². The van der Waals surface area contributed by atoms with E-state index in [4.69, 9.17) is 4.74 Å². The van der Waals surface area contributed by atoms with Crippen LogP contribution in [0, 0.1) is 0 Å². The van der Waals surface area contributed by atoms with Crippen LogP contribution in [-0.2, 0) is 4.74 Å². The Kier molecular flexibility index (Phi) is 3.61. The normalized spacial score (nSPS) is 17.4. The van der Waals surface area contributed by atoms with E-state index in [1.165, 1.54) is 4.88 Å². The Hall–Kier alpha value is -1.63. The maximum absolute atomic E-state index is 12.0. The number of piperidine rings is 1. The first-order valence-corrected chi connectivity index (χ1v) is 8.01. The fourth-order valence-electron chi connectivity index (χ4n) is 2.52. The molecule has 0 radical (unpaired) electrons. The number of carbonyl (C=O) groups is 1. The molecule has 7 heteroatoms. The molecule has 0 unspecified atom stereocenters. The van der Waals surface area contributed by atoms with Gasteiger partial charge in [-0.2, -0.15) is 5.10 Å². The smallest absolute Gasteiger partial charge is 0.410 e. The predicted octanol–water partition coefficient (Wildman–Crippen LogP) is 2.91. The van der Waals surface area contributed by atoms with E-state index in [1.54, 1.807) is 22.6 Å². The van der Waals surface area contributed by atoms with Gasteiger partial charge in [-0.15, -0.1) is 0 Å². The minimum atomic E-state index is -0.432. The lowest BCUT2D eigenvalue weighted by molar-refractivity contribution is 0.0205. The number of carbonyl (C=O) groups excluding carboxylic acids is 1. The molecular formula is C14H20N4O2S. The number of fused-ring (bicyclic) bond motifs is 1. The lowest BCUT2D eigenvalue weighted by Crippen LogP contribution is -2.41. The van der Waals surface area contributed by atoms with Crippen molar-refractivity contribution in [3.8, 4) is 0 Å². The topological polar surface area (TPSA) is 59.7 Å². The van der Waals surface area contributed by atoms with E-state index < -0.39 is 5.60 Å². The number of ether oxygens (including phenoxy) is 1. The van der Waals surface area contributed by atoms with E-state index in [-0.39, 0.29) is 6.09 Å². The Morgan fingerprint density at radius 1 is 1.38 bits per heavy atom. The van der Waals surface area contributed by atoms with E-state index in [2.05, 4.69) is 16.3 Å². The molecule has 6 nitrogen and oxygen atoms in total. The Labute approximate surface area is 127 Å². The lowest BCUT2D eigenvalue weighted by atomic mass is 9.96. The molecule has 2 aromatic heterocycles. The maximum Gasteiger partial charge on any atom is 0.410 e. The summed E-state index contributed by atoms with van der Waals surface area (Å²) in [5.74, 6) is 0.484. The predicted molar refractivity (Wildman–Crippen MR) is 80.6 cm³/mol. The summed E-state index contributed by atoms with van der Waals surface area (Å²) < 4.78 is 7.24. The van der Waals surface area contributed by atoms with Crippen LogP contribution in [0.5, 0.6) is 0 Å². The van der Waals surface area contributed by atoms with Gasteiger partial charge >= 0.3 is 6.09 Å². The van der Waals surface area contributed by atoms with E-state index >= 15 is 0 Å². The minimum absolute atomic E-state index is 0.205. The summed E-state index contributed by atoms with van der Waals surface area (Å²) in [5.41, 5.74) is -0.432. The van der Waals surface area contributed by atoms with Gasteiger partial charge in [0.05, 0.1) is 0 Å². The van der Waals surface area contributed by atoms with Crippen LogP contribution in [0.25, 0.3) is 4.96 Å². The first-order valence-electron chi connectivity index (χ1n) is 7.19. The Morgan fingerprint density at radius 3 is 2.71 bits per heavy atom. The zero-order chi connectivity index (χ0) is 15.0. The molecule has 0 spiro atoms.